The molecule has 0 radical (unpaired) electrons. The minimum atomic E-state index is -0.736. The smallest absolute Gasteiger partial charge is 0.349 e. The number of nitriles is 3. The van der Waals surface area contributed by atoms with Gasteiger partial charge in [-0.05, 0) is 17.4 Å². The summed E-state index contributed by atoms with van der Waals surface area (Å²) in [4.78, 5) is 12.2. The van der Waals surface area contributed by atoms with Crippen molar-refractivity contribution >= 4 is 23.3 Å². The van der Waals surface area contributed by atoms with E-state index in [4.69, 9.17) is 0 Å². The van der Waals surface area contributed by atoms with Crippen LogP contribution in [0.2, 0.25) is 0 Å². The number of carbonyl (C=O) groups is 1. The molecule has 0 N–H and O–H groups in total. The highest BCUT2D eigenvalue weighted by atomic mass is 32.2. The van der Waals surface area contributed by atoms with Crippen molar-refractivity contribution in [2.24, 2.45) is 0 Å². The number of methoxy groups -OCH3 is 1. The van der Waals surface area contributed by atoms with E-state index in [9.17, 15) is 20.6 Å². The molecule has 0 unspecified atom stereocenters. The first-order valence-corrected chi connectivity index (χ1v) is 7.69. The Balaban J connectivity index is 3.49. The molecular weight excluding hydrogens is 310 g/mol. The Bertz CT molecular complexity index is 759. The van der Waals surface area contributed by atoms with Gasteiger partial charge >= 0.3 is 5.97 Å². The molecular formula is C17H13N3O2S. The van der Waals surface area contributed by atoms with Crippen molar-refractivity contribution < 1.29 is 9.53 Å². The van der Waals surface area contributed by atoms with Gasteiger partial charge in [0.2, 0.25) is 0 Å². The van der Waals surface area contributed by atoms with Crippen molar-refractivity contribution in [3.05, 3.63) is 51.9 Å². The van der Waals surface area contributed by atoms with Crippen molar-refractivity contribution in [3.8, 4) is 18.2 Å². The first kappa shape index (κ1) is 18.0. The zero-order valence-corrected chi connectivity index (χ0v) is 13.5. The predicted molar refractivity (Wildman–Crippen MR) is 87.4 cm³/mol. The molecule has 23 heavy (non-hydrogen) atoms. The maximum absolute atomic E-state index is 11.7. The summed E-state index contributed by atoms with van der Waals surface area (Å²) in [6.45, 7) is 0. The number of esters is 1. The minimum absolute atomic E-state index is 0.0510. The Morgan fingerprint density at radius 2 is 1.74 bits per heavy atom. The summed E-state index contributed by atoms with van der Waals surface area (Å²) in [5.41, 5.74) is 0.990. The summed E-state index contributed by atoms with van der Waals surface area (Å²) >= 11 is 1.21. The van der Waals surface area contributed by atoms with E-state index < -0.39 is 5.97 Å². The second-order valence-corrected chi connectivity index (χ2v) is 5.13. The lowest BCUT2D eigenvalue weighted by Gasteiger charge is -2.11. The monoisotopic (exact) mass is 323 g/mol. The van der Waals surface area contributed by atoms with E-state index in [0.717, 1.165) is 0 Å². The van der Waals surface area contributed by atoms with Gasteiger partial charge in [-0.3, -0.25) is 0 Å². The van der Waals surface area contributed by atoms with E-state index >= 15 is 0 Å². The zero-order chi connectivity index (χ0) is 17.2. The SMILES string of the molecule is COC(=O)C(C#N)=C(CC(=C(C#N)C#N)c1ccccc1)SC. The van der Waals surface area contributed by atoms with Crippen LogP contribution in [0.25, 0.3) is 5.57 Å². The largest absolute Gasteiger partial charge is 0.465 e. The van der Waals surface area contributed by atoms with Crippen LogP contribution < -0.4 is 0 Å². The molecule has 0 spiro atoms. The summed E-state index contributed by atoms with van der Waals surface area (Å²) in [5, 5.41) is 27.6. The third-order valence-corrected chi connectivity index (χ3v) is 3.85. The third-order valence-electron chi connectivity index (χ3n) is 3.01. The van der Waals surface area contributed by atoms with Gasteiger partial charge in [0.1, 0.15) is 29.4 Å². The number of benzene rings is 1. The lowest BCUT2D eigenvalue weighted by Crippen LogP contribution is -2.06. The summed E-state index contributed by atoms with van der Waals surface area (Å²) in [5.74, 6) is -0.736. The van der Waals surface area contributed by atoms with Gasteiger partial charge in [0, 0.05) is 11.3 Å². The molecule has 0 fully saturated rings. The topological polar surface area (TPSA) is 97.7 Å². The van der Waals surface area contributed by atoms with E-state index in [1.54, 1.807) is 30.5 Å². The number of carbonyl (C=O) groups excluding carboxylic acids is 1. The molecule has 5 nitrogen and oxygen atoms in total. The molecule has 0 saturated carbocycles. The van der Waals surface area contributed by atoms with Crippen LogP contribution in [0.5, 0.6) is 0 Å². The van der Waals surface area contributed by atoms with Crippen LogP contribution in [-0.4, -0.2) is 19.3 Å². The summed E-state index contributed by atoms with van der Waals surface area (Å²) < 4.78 is 4.61. The first-order chi connectivity index (χ1) is 11.1. The molecule has 1 aromatic rings. The minimum Gasteiger partial charge on any atom is -0.465 e. The molecule has 1 aromatic carbocycles. The molecule has 0 aliphatic carbocycles. The van der Waals surface area contributed by atoms with Crippen LogP contribution in [0.3, 0.4) is 0 Å². The van der Waals surface area contributed by atoms with Gasteiger partial charge in [-0.2, -0.15) is 15.8 Å². The highest BCUT2D eigenvalue weighted by molar-refractivity contribution is 8.02. The van der Waals surface area contributed by atoms with E-state index in [2.05, 4.69) is 4.74 Å². The number of hydrogen-bond acceptors (Lipinski definition) is 6. The Morgan fingerprint density at radius 3 is 2.17 bits per heavy atom. The second-order valence-electron chi connectivity index (χ2n) is 4.23. The van der Waals surface area contributed by atoms with Gasteiger partial charge in [-0.1, -0.05) is 30.3 Å². The fraction of sp³-hybridized carbons (Fsp3) is 0.176. The van der Waals surface area contributed by atoms with E-state index in [0.29, 0.717) is 16.0 Å². The fourth-order valence-corrected chi connectivity index (χ4v) is 2.50. The van der Waals surface area contributed by atoms with Crippen molar-refractivity contribution in [3.63, 3.8) is 0 Å². The molecule has 0 bridgehead atoms. The van der Waals surface area contributed by atoms with Crippen LogP contribution in [0.15, 0.2) is 46.4 Å². The highest BCUT2D eigenvalue weighted by Crippen LogP contribution is 2.32. The summed E-state index contributed by atoms with van der Waals surface area (Å²) in [7, 11) is 1.20. The quantitative estimate of drug-likeness (QED) is 0.469. The fourth-order valence-electron chi connectivity index (χ4n) is 1.88. The average Bonchev–Trinajstić information content (AvgIpc) is 2.61. The second kappa shape index (κ2) is 9.10. The summed E-state index contributed by atoms with van der Waals surface area (Å²) in [6, 6.07) is 14.5. The molecule has 0 amide bonds. The van der Waals surface area contributed by atoms with Crippen molar-refractivity contribution in [1.82, 2.24) is 0 Å². The van der Waals surface area contributed by atoms with Gasteiger partial charge in [-0.25, -0.2) is 4.79 Å². The lowest BCUT2D eigenvalue weighted by atomic mass is 9.97. The maximum atomic E-state index is 11.7. The Labute approximate surface area is 139 Å². The van der Waals surface area contributed by atoms with Crippen molar-refractivity contribution in [2.45, 2.75) is 6.42 Å². The molecule has 0 heterocycles. The van der Waals surface area contributed by atoms with Crippen molar-refractivity contribution in [2.75, 3.05) is 13.4 Å². The van der Waals surface area contributed by atoms with Gasteiger partial charge in [0.25, 0.3) is 0 Å². The number of ether oxygens (including phenoxy) is 1. The van der Waals surface area contributed by atoms with Gasteiger partial charge in [0.05, 0.1) is 7.11 Å². The van der Waals surface area contributed by atoms with Crippen molar-refractivity contribution in [1.29, 1.82) is 15.8 Å². The third kappa shape index (κ3) is 4.48. The summed E-state index contributed by atoms with van der Waals surface area (Å²) in [6.07, 6.45) is 1.84. The van der Waals surface area contributed by atoms with Crippen LogP contribution in [0, 0.1) is 34.0 Å². The molecule has 114 valence electrons. The maximum Gasteiger partial charge on any atom is 0.349 e. The average molecular weight is 323 g/mol. The van der Waals surface area contributed by atoms with Crippen LogP contribution >= 0.6 is 11.8 Å². The molecule has 0 atom stereocenters. The number of allylic oxidation sites excluding steroid dienone is 3. The number of nitrogens with zero attached hydrogens (tertiary/aromatic N) is 3. The van der Waals surface area contributed by atoms with Gasteiger partial charge < -0.3 is 4.74 Å². The Hall–Kier alpha value is -3.01. The molecule has 0 aliphatic rings. The zero-order valence-electron chi connectivity index (χ0n) is 12.7. The van der Waals surface area contributed by atoms with Crippen LogP contribution in [-0.2, 0) is 9.53 Å². The Kier molecular flexibility index (Phi) is 7.14. The standard InChI is InChI=1S/C17H13N3O2S/c1-22-17(21)15(11-20)16(23-2)8-14(13(9-18)10-19)12-6-4-3-5-7-12/h3-7H,8H2,1-2H3. The highest BCUT2D eigenvalue weighted by Gasteiger charge is 2.19. The van der Waals surface area contributed by atoms with Crippen LogP contribution in [0.4, 0.5) is 0 Å². The first-order valence-electron chi connectivity index (χ1n) is 6.47. The number of rotatable bonds is 5. The Morgan fingerprint density at radius 1 is 1.13 bits per heavy atom. The van der Waals surface area contributed by atoms with Crippen LogP contribution in [0.1, 0.15) is 12.0 Å². The van der Waals surface area contributed by atoms with E-state index in [-0.39, 0.29) is 17.6 Å². The predicted octanol–water partition coefficient (Wildman–Crippen LogP) is 3.19. The van der Waals surface area contributed by atoms with Gasteiger partial charge in [-0.15, -0.1) is 11.8 Å². The normalized spacial score (nSPS) is 10.4. The molecule has 0 saturated heterocycles. The molecule has 0 aromatic heterocycles. The van der Waals surface area contributed by atoms with Gasteiger partial charge in [0.15, 0.2) is 0 Å². The molecule has 6 heteroatoms. The number of thioether (sulfide) groups is 1. The lowest BCUT2D eigenvalue weighted by molar-refractivity contribution is -0.135. The molecule has 0 aliphatic heterocycles. The van der Waals surface area contributed by atoms with E-state index in [1.165, 1.54) is 18.9 Å². The number of hydrogen-bond donors (Lipinski definition) is 0. The van der Waals surface area contributed by atoms with E-state index in [1.807, 2.05) is 24.3 Å². The molecule has 1 rings (SSSR count).